The molecule has 3 nitrogen and oxygen atoms in total. The number of hydrogen-bond acceptors (Lipinski definition) is 2. The molecule has 0 aliphatic heterocycles. The summed E-state index contributed by atoms with van der Waals surface area (Å²) in [6, 6.07) is 0. The van der Waals surface area contributed by atoms with Crippen molar-refractivity contribution in [2.75, 3.05) is 6.54 Å². The fourth-order valence-electron chi connectivity index (χ4n) is 1.13. The summed E-state index contributed by atoms with van der Waals surface area (Å²) in [7, 11) is 0. The van der Waals surface area contributed by atoms with E-state index in [1.54, 1.807) is 0 Å². The zero-order valence-electron chi connectivity index (χ0n) is 10.9. The van der Waals surface area contributed by atoms with Gasteiger partial charge in [0, 0.05) is 12.5 Å². The maximum Gasteiger partial charge on any atom is 0.223 e. The van der Waals surface area contributed by atoms with Crippen molar-refractivity contribution >= 4 is 5.91 Å². The average Bonchev–Trinajstić information content (AvgIpc) is 2.15. The van der Waals surface area contributed by atoms with Crippen LogP contribution in [0.5, 0.6) is 0 Å². The lowest BCUT2D eigenvalue weighted by molar-refractivity contribution is -0.128. The summed E-state index contributed by atoms with van der Waals surface area (Å²) in [4.78, 5) is 11.9. The highest BCUT2D eigenvalue weighted by Gasteiger charge is 2.30. The fraction of sp³-hybridized carbons (Fsp3) is 0.917. The van der Waals surface area contributed by atoms with Crippen LogP contribution in [0.4, 0.5) is 0 Å². The Kier molecular flexibility index (Phi) is 5.29. The Morgan fingerprint density at radius 1 is 1.27 bits per heavy atom. The second-order valence-corrected chi connectivity index (χ2v) is 5.30. The van der Waals surface area contributed by atoms with E-state index in [-0.39, 0.29) is 17.4 Å². The first-order chi connectivity index (χ1) is 6.74. The van der Waals surface area contributed by atoms with E-state index in [4.69, 9.17) is 5.73 Å². The van der Waals surface area contributed by atoms with Crippen molar-refractivity contribution in [3.8, 4) is 0 Å². The molecular formula is C12H26N2O. The summed E-state index contributed by atoms with van der Waals surface area (Å²) >= 11 is 0. The molecule has 0 aromatic carbocycles. The molecule has 0 aliphatic carbocycles. The summed E-state index contributed by atoms with van der Waals surface area (Å²) in [5, 5.41) is 3.06. The fourth-order valence-corrected chi connectivity index (χ4v) is 1.13. The number of hydrogen-bond donors (Lipinski definition) is 2. The van der Waals surface area contributed by atoms with E-state index in [1.165, 1.54) is 0 Å². The van der Waals surface area contributed by atoms with Crippen LogP contribution < -0.4 is 11.1 Å². The zero-order valence-corrected chi connectivity index (χ0v) is 10.9. The van der Waals surface area contributed by atoms with Gasteiger partial charge in [0.2, 0.25) is 5.91 Å². The smallest absolute Gasteiger partial charge is 0.223 e. The number of amides is 1. The van der Waals surface area contributed by atoms with Gasteiger partial charge in [-0.25, -0.2) is 0 Å². The van der Waals surface area contributed by atoms with E-state index in [2.05, 4.69) is 33.0 Å². The van der Waals surface area contributed by atoms with Crippen molar-refractivity contribution < 1.29 is 4.79 Å². The molecule has 90 valence electrons. The third kappa shape index (κ3) is 3.82. The van der Waals surface area contributed by atoms with Gasteiger partial charge in [0.15, 0.2) is 0 Å². The van der Waals surface area contributed by atoms with E-state index in [0.29, 0.717) is 18.4 Å². The normalized spacial score (nSPS) is 17.7. The average molecular weight is 214 g/mol. The molecule has 2 atom stereocenters. The van der Waals surface area contributed by atoms with Gasteiger partial charge in [0.05, 0.1) is 5.54 Å². The summed E-state index contributed by atoms with van der Waals surface area (Å²) in [6.45, 7) is 12.7. The number of nitrogens with two attached hydrogens (primary N) is 1. The van der Waals surface area contributed by atoms with E-state index < -0.39 is 0 Å². The lowest BCUT2D eigenvalue weighted by Crippen LogP contribution is -2.56. The van der Waals surface area contributed by atoms with Gasteiger partial charge in [-0.2, -0.15) is 0 Å². The van der Waals surface area contributed by atoms with Gasteiger partial charge in [-0.3, -0.25) is 4.79 Å². The van der Waals surface area contributed by atoms with Gasteiger partial charge in [-0.15, -0.1) is 0 Å². The van der Waals surface area contributed by atoms with Crippen molar-refractivity contribution in [1.29, 1.82) is 0 Å². The summed E-state index contributed by atoms with van der Waals surface area (Å²) < 4.78 is 0. The molecule has 0 aliphatic rings. The molecule has 15 heavy (non-hydrogen) atoms. The van der Waals surface area contributed by atoms with Crippen molar-refractivity contribution in [1.82, 2.24) is 5.32 Å². The second-order valence-electron chi connectivity index (χ2n) is 5.30. The number of carbonyl (C=O) groups excluding carboxylic acids is 1. The minimum atomic E-state index is -0.291. The molecule has 0 saturated heterocycles. The Balaban J connectivity index is 4.50. The zero-order chi connectivity index (χ0) is 12.2. The lowest BCUT2D eigenvalue weighted by Gasteiger charge is -2.35. The molecule has 0 bridgehead atoms. The largest absolute Gasteiger partial charge is 0.349 e. The van der Waals surface area contributed by atoms with Crippen LogP contribution in [0.1, 0.15) is 41.5 Å². The summed E-state index contributed by atoms with van der Waals surface area (Å²) in [6.07, 6.45) is 0. The Hall–Kier alpha value is -0.570. The van der Waals surface area contributed by atoms with Gasteiger partial charge in [0.25, 0.3) is 0 Å². The van der Waals surface area contributed by atoms with E-state index >= 15 is 0 Å². The van der Waals surface area contributed by atoms with Crippen molar-refractivity contribution in [3.05, 3.63) is 0 Å². The maximum absolute atomic E-state index is 11.9. The standard InChI is InChI=1S/C12H26N2O/c1-8(2)10(5)11(15)14-12(6,7-13)9(3)4/h8-10H,7,13H2,1-6H3,(H,14,15). The molecule has 0 radical (unpaired) electrons. The van der Waals surface area contributed by atoms with Crippen molar-refractivity contribution in [2.24, 2.45) is 23.5 Å². The number of rotatable bonds is 5. The quantitative estimate of drug-likeness (QED) is 0.733. The SMILES string of the molecule is CC(C)C(C)C(=O)NC(C)(CN)C(C)C. The summed E-state index contributed by atoms with van der Waals surface area (Å²) in [5.74, 6) is 0.839. The Morgan fingerprint density at radius 2 is 1.73 bits per heavy atom. The van der Waals surface area contributed by atoms with Crippen LogP contribution in [0.2, 0.25) is 0 Å². The Morgan fingerprint density at radius 3 is 2.00 bits per heavy atom. The topological polar surface area (TPSA) is 55.1 Å². The van der Waals surface area contributed by atoms with E-state index in [9.17, 15) is 4.79 Å². The molecule has 2 unspecified atom stereocenters. The maximum atomic E-state index is 11.9. The second kappa shape index (κ2) is 5.50. The molecule has 0 heterocycles. The van der Waals surface area contributed by atoms with Crippen LogP contribution in [-0.4, -0.2) is 18.0 Å². The van der Waals surface area contributed by atoms with Crippen LogP contribution in [0.3, 0.4) is 0 Å². The van der Waals surface area contributed by atoms with Crippen LogP contribution in [0.15, 0.2) is 0 Å². The van der Waals surface area contributed by atoms with Gasteiger partial charge in [0.1, 0.15) is 0 Å². The van der Waals surface area contributed by atoms with Gasteiger partial charge in [-0.1, -0.05) is 34.6 Å². The lowest BCUT2D eigenvalue weighted by atomic mass is 9.87. The van der Waals surface area contributed by atoms with Crippen LogP contribution in [-0.2, 0) is 4.79 Å². The first-order valence-electron chi connectivity index (χ1n) is 5.76. The van der Waals surface area contributed by atoms with Crippen molar-refractivity contribution in [3.63, 3.8) is 0 Å². The third-order valence-corrected chi connectivity index (χ3v) is 3.52. The Bertz CT molecular complexity index is 214. The molecule has 0 fully saturated rings. The van der Waals surface area contributed by atoms with Gasteiger partial charge >= 0.3 is 0 Å². The van der Waals surface area contributed by atoms with Gasteiger partial charge < -0.3 is 11.1 Å². The van der Waals surface area contributed by atoms with Crippen molar-refractivity contribution in [2.45, 2.75) is 47.1 Å². The highest BCUT2D eigenvalue weighted by Crippen LogP contribution is 2.17. The number of nitrogens with one attached hydrogen (secondary N) is 1. The molecule has 0 spiro atoms. The minimum absolute atomic E-state index is 0.0367. The Labute approximate surface area is 93.8 Å². The molecule has 3 heteroatoms. The molecule has 0 aromatic rings. The molecule has 1 amide bonds. The first kappa shape index (κ1) is 14.4. The third-order valence-electron chi connectivity index (χ3n) is 3.52. The molecule has 0 saturated carbocycles. The van der Waals surface area contributed by atoms with Crippen LogP contribution in [0.25, 0.3) is 0 Å². The predicted octanol–water partition coefficient (Wildman–Crippen LogP) is 1.77. The predicted molar refractivity (Wildman–Crippen MR) is 64.4 cm³/mol. The van der Waals surface area contributed by atoms with Gasteiger partial charge in [-0.05, 0) is 18.8 Å². The molecular weight excluding hydrogens is 188 g/mol. The highest BCUT2D eigenvalue weighted by atomic mass is 16.2. The summed E-state index contributed by atoms with van der Waals surface area (Å²) in [5.41, 5.74) is 5.43. The van der Waals surface area contributed by atoms with Crippen LogP contribution in [0, 0.1) is 17.8 Å². The van der Waals surface area contributed by atoms with E-state index in [0.717, 1.165) is 0 Å². The monoisotopic (exact) mass is 214 g/mol. The molecule has 0 aromatic heterocycles. The molecule has 3 N–H and O–H groups in total. The molecule has 0 rings (SSSR count). The van der Waals surface area contributed by atoms with E-state index in [1.807, 2.05) is 13.8 Å². The first-order valence-corrected chi connectivity index (χ1v) is 5.76. The number of carbonyl (C=O) groups is 1. The minimum Gasteiger partial charge on any atom is -0.349 e. The van der Waals surface area contributed by atoms with Crippen LogP contribution >= 0.6 is 0 Å². The highest BCUT2D eigenvalue weighted by molar-refractivity contribution is 5.79.